The van der Waals surface area contributed by atoms with Gasteiger partial charge >= 0.3 is 0 Å². The third-order valence-corrected chi connectivity index (χ3v) is 3.32. The van der Waals surface area contributed by atoms with Crippen LogP contribution in [-0.4, -0.2) is 7.05 Å². The van der Waals surface area contributed by atoms with Crippen molar-refractivity contribution >= 4 is 27.3 Å². The van der Waals surface area contributed by atoms with Gasteiger partial charge in [0.2, 0.25) is 0 Å². The molecule has 0 amide bonds. The van der Waals surface area contributed by atoms with E-state index in [1.165, 1.54) is 17.7 Å². The Balaban J connectivity index is 2.27. The molecule has 0 unspecified atom stereocenters. The predicted octanol–water partition coefficient (Wildman–Crippen LogP) is 4.49. The van der Waals surface area contributed by atoms with Gasteiger partial charge in [0, 0.05) is 23.8 Å². The van der Waals surface area contributed by atoms with Crippen LogP contribution in [0.1, 0.15) is 5.56 Å². The molecule has 0 heterocycles. The van der Waals surface area contributed by atoms with Gasteiger partial charge in [0.15, 0.2) is 0 Å². The minimum absolute atomic E-state index is 0.216. The van der Waals surface area contributed by atoms with Gasteiger partial charge in [-0.15, -0.1) is 0 Å². The van der Waals surface area contributed by atoms with Gasteiger partial charge in [-0.1, -0.05) is 34.1 Å². The Bertz CT molecular complexity index is 496. The van der Waals surface area contributed by atoms with E-state index < -0.39 is 0 Å². The molecule has 17 heavy (non-hydrogen) atoms. The molecule has 0 bridgehead atoms. The van der Waals surface area contributed by atoms with Gasteiger partial charge in [0.05, 0.1) is 0 Å². The zero-order valence-electron chi connectivity index (χ0n) is 9.53. The van der Waals surface area contributed by atoms with E-state index in [0.29, 0.717) is 0 Å². The van der Waals surface area contributed by atoms with Crippen LogP contribution < -0.4 is 4.90 Å². The molecule has 88 valence electrons. The number of halogens is 2. The molecule has 0 aliphatic carbocycles. The molecular formula is C14H13BrFN. The van der Waals surface area contributed by atoms with Crippen molar-refractivity contribution in [1.29, 1.82) is 0 Å². The van der Waals surface area contributed by atoms with E-state index in [0.717, 1.165) is 16.7 Å². The Hall–Kier alpha value is -1.35. The summed E-state index contributed by atoms with van der Waals surface area (Å²) in [4.78, 5) is 1.96. The third-order valence-electron chi connectivity index (χ3n) is 2.67. The Kier molecular flexibility index (Phi) is 3.79. The molecule has 0 spiro atoms. The Morgan fingerprint density at radius 2 is 1.76 bits per heavy atom. The van der Waals surface area contributed by atoms with E-state index >= 15 is 0 Å². The highest BCUT2D eigenvalue weighted by Gasteiger charge is 2.04. The maximum absolute atomic E-state index is 13.1. The smallest absolute Gasteiger partial charge is 0.125 e. The first-order chi connectivity index (χ1) is 8.20. The summed E-state index contributed by atoms with van der Waals surface area (Å²) in [5.41, 5.74) is 3.11. The van der Waals surface area contributed by atoms with Gasteiger partial charge in [-0.3, -0.25) is 0 Å². The van der Waals surface area contributed by atoms with E-state index in [4.69, 9.17) is 0 Å². The van der Waals surface area contributed by atoms with Crippen LogP contribution in [0.2, 0.25) is 0 Å². The zero-order chi connectivity index (χ0) is 12.3. The molecule has 2 rings (SSSR count). The maximum Gasteiger partial charge on any atom is 0.125 e. The molecule has 0 aliphatic heterocycles. The molecule has 2 aromatic carbocycles. The first-order valence-corrected chi connectivity index (χ1v) is 6.47. The molecule has 0 saturated carbocycles. The molecular weight excluding hydrogens is 281 g/mol. The Morgan fingerprint density at radius 1 is 1.06 bits per heavy atom. The van der Waals surface area contributed by atoms with E-state index in [1.54, 1.807) is 6.07 Å². The first-order valence-electron chi connectivity index (χ1n) is 5.35. The molecule has 3 heteroatoms. The van der Waals surface area contributed by atoms with Crippen LogP contribution in [0.3, 0.4) is 0 Å². The van der Waals surface area contributed by atoms with Crippen LogP contribution in [0.15, 0.2) is 48.5 Å². The number of alkyl halides is 1. The summed E-state index contributed by atoms with van der Waals surface area (Å²) in [6.07, 6.45) is 0. The number of benzene rings is 2. The number of hydrogen-bond acceptors (Lipinski definition) is 1. The van der Waals surface area contributed by atoms with Crippen LogP contribution >= 0.6 is 15.9 Å². The maximum atomic E-state index is 13.1. The largest absolute Gasteiger partial charge is 0.345 e. The highest BCUT2D eigenvalue weighted by molar-refractivity contribution is 9.08. The SMILES string of the molecule is CN(c1ccc(CBr)cc1)c1cccc(F)c1. The number of nitrogens with zero attached hydrogens (tertiary/aromatic N) is 1. The van der Waals surface area contributed by atoms with Gasteiger partial charge in [0.25, 0.3) is 0 Å². The summed E-state index contributed by atoms with van der Waals surface area (Å²) in [6.45, 7) is 0. The highest BCUT2D eigenvalue weighted by atomic mass is 79.9. The minimum Gasteiger partial charge on any atom is -0.345 e. The molecule has 1 nitrogen and oxygen atoms in total. The minimum atomic E-state index is -0.216. The second kappa shape index (κ2) is 5.32. The van der Waals surface area contributed by atoms with Gasteiger partial charge < -0.3 is 4.90 Å². The Morgan fingerprint density at radius 3 is 2.35 bits per heavy atom. The molecule has 0 N–H and O–H groups in total. The van der Waals surface area contributed by atoms with Crippen molar-refractivity contribution in [1.82, 2.24) is 0 Å². The standard InChI is InChI=1S/C14H13BrFN/c1-17(14-4-2-3-12(16)9-14)13-7-5-11(10-15)6-8-13/h2-9H,10H2,1H3. The number of anilines is 2. The van der Waals surface area contributed by atoms with Crippen molar-refractivity contribution in [3.63, 3.8) is 0 Å². The lowest BCUT2D eigenvalue weighted by Crippen LogP contribution is -2.09. The first kappa shape index (κ1) is 12.1. The van der Waals surface area contributed by atoms with Crippen molar-refractivity contribution in [2.75, 3.05) is 11.9 Å². The van der Waals surface area contributed by atoms with Crippen molar-refractivity contribution < 1.29 is 4.39 Å². The van der Waals surface area contributed by atoms with Crippen molar-refractivity contribution in [2.24, 2.45) is 0 Å². The van der Waals surface area contributed by atoms with Crippen LogP contribution in [0.5, 0.6) is 0 Å². The van der Waals surface area contributed by atoms with Gasteiger partial charge in [-0.25, -0.2) is 4.39 Å². The van der Waals surface area contributed by atoms with Gasteiger partial charge in [-0.05, 0) is 35.9 Å². The van der Waals surface area contributed by atoms with Crippen LogP contribution in [-0.2, 0) is 5.33 Å². The second-order valence-electron chi connectivity index (χ2n) is 3.84. The zero-order valence-corrected chi connectivity index (χ0v) is 11.1. The predicted molar refractivity (Wildman–Crippen MR) is 73.5 cm³/mol. The summed E-state index contributed by atoms with van der Waals surface area (Å²) in [5, 5.41) is 0.844. The second-order valence-corrected chi connectivity index (χ2v) is 4.40. The van der Waals surface area contributed by atoms with Gasteiger partial charge in [-0.2, -0.15) is 0 Å². The van der Waals surface area contributed by atoms with Crippen molar-refractivity contribution in [3.8, 4) is 0 Å². The van der Waals surface area contributed by atoms with Gasteiger partial charge in [0.1, 0.15) is 5.82 Å². The Labute approximate surface area is 109 Å². The summed E-state index contributed by atoms with van der Waals surface area (Å²) in [6, 6.07) is 14.8. The van der Waals surface area contributed by atoms with E-state index in [1.807, 2.05) is 30.1 Å². The van der Waals surface area contributed by atoms with Crippen LogP contribution in [0.25, 0.3) is 0 Å². The lowest BCUT2D eigenvalue weighted by molar-refractivity contribution is 0.628. The molecule has 0 aliphatic rings. The summed E-state index contributed by atoms with van der Waals surface area (Å²) in [7, 11) is 1.93. The highest BCUT2D eigenvalue weighted by Crippen LogP contribution is 2.24. The van der Waals surface area contributed by atoms with Crippen LogP contribution in [0, 0.1) is 5.82 Å². The normalized spacial score (nSPS) is 10.3. The van der Waals surface area contributed by atoms with E-state index in [-0.39, 0.29) is 5.82 Å². The van der Waals surface area contributed by atoms with Crippen molar-refractivity contribution in [3.05, 3.63) is 59.9 Å². The number of rotatable bonds is 3. The van der Waals surface area contributed by atoms with Crippen LogP contribution in [0.4, 0.5) is 15.8 Å². The monoisotopic (exact) mass is 293 g/mol. The fourth-order valence-electron chi connectivity index (χ4n) is 1.64. The lowest BCUT2D eigenvalue weighted by atomic mass is 10.2. The molecule has 2 aromatic rings. The average molecular weight is 294 g/mol. The molecule has 0 aromatic heterocycles. The van der Waals surface area contributed by atoms with Crippen molar-refractivity contribution in [2.45, 2.75) is 5.33 Å². The molecule has 0 atom stereocenters. The summed E-state index contributed by atoms with van der Waals surface area (Å²) in [5.74, 6) is -0.216. The fourth-order valence-corrected chi connectivity index (χ4v) is 2.02. The summed E-state index contributed by atoms with van der Waals surface area (Å²) >= 11 is 3.41. The fraction of sp³-hybridized carbons (Fsp3) is 0.143. The van der Waals surface area contributed by atoms with E-state index in [9.17, 15) is 4.39 Å². The van der Waals surface area contributed by atoms with E-state index in [2.05, 4.69) is 28.1 Å². The quantitative estimate of drug-likeness (QED) is 0.754. The molecule has 0 fully saturated rings. The molecule has 0 saturated heterocycles. The third kappa shape index (κ3) is 2.86. The summed E-state index contributed by atoms with van der Waals surface area (Å²) < 4.78 is 13.1. The number of hydrogen-bond donors (Lipinski definition) is 0. The lowest BCUT2D eigenvalue weighted by Gasteiger charge is -2.19. The topological polar surface area (TPSA) is 3.24 Å². The average Bonchev–Trinajstić information content (AvgIpc) is 2.38. The molecule has 0 radical (unpaired) electrons.